The summed E-state index contributed by atoms with van der Waals surface area (Å²) >= 11 is 0. The van der Waals surface area contributed by atoms with E-state index in [2.05, 4.69) is 14.0 Å². The molecule has 1 aromatic heterocycles. The van der Waals surface area contributed by atoms with Crippen LogP contribution in [0, 0.1) is 0 Å². The van der Waals surface area contributed by atoms with Crippen molar-refractivity contribution in [3.63, 3.8) is 0 Å². The molecule has 0 bridgehead atoms. The minimum atomic E-state index is -0.399. The summed E-state index contributed by atoms with van der Waals surface area (Å²) in [5, 5.41) is 11.2. The fourth-order valence-corrected chi connectivity index (χ4v) is 3.17. The molecule has 0 aliphatic carbocycles. The quantitative estimate of drug-likeness (QED) is 0.680. The van der Waals surface area contributed by atoms with Crippen molar-refractivity contribution in [2.75, 3.05) is 13.6 Å². The van der Waals surface area contributed by atoms with Gasteiger partial charge in [0.1, 0.15) is 12.3 Å². The van der Waals surface area contributed by atoms with Gasteiger partial charge in [-0.15, -0.1) is 0 Å². The molecule has 130 valence electrons. The van der Waals surface area contributed by atoms with Crippen molar-refractivity contribution in [2.24, 2.45) is 0 Å². The molecule has 0 saturated carbocycles. The summed E-state index contributed by atoms with van der Waals surface area (Å²) in [6.45, 7) is 3.78. The first-order chi connectivity index (χ1) is 12.1. The Balaban J connectivity index is 2.14. The zero-order chi connectivity index (χ0) is 17.8. The molecule has 0 fully saturated rings. The Labute approximate surface area is 147 Å². The standard InChI is InChI=1S/C21H23NO3/c1-3-4-12-22(2)14-18-19(23)11-10-16-17(13-20(24)25-21(16)18)15-8-6-5-7-9-15/h5-11,13,23H,3-4,12,14H2,1-2H3/p+1. The van der Waals surface area contributed by atoms with Crippen molar-refractivity contribution in [1.82, 2.24) is 0 Å². The van der Waals surface area contributed by atoms with Gasteiger partial charge in [-0.2, -0.15) is 0 Å². The molecule has 4 nitrogen and oxygen atoms in total. The summed E-state index contributed by atoms with van der Waals surface area (Å²) in [6, 6.07) is 14.8. The fraction of sp³-hybridized carbons (Fsp3) is 0.286. The summed E-state index contributed by atoms with van der Waals surface area (Å²) in [5.74, 6) is 0.178. The molecule has 3 rings (SSSR count). The SMILES string of the molecule is CCCC[NH+](C)Cc1c(O)ccc2c(-c3ccccc3)cc(=O)oc12. The normalized spacial score (nSPS) is 12.4. The number of fused-ring (bicyclic) bond motifs is 1. The van der Waals surface area contributed by atoms with Crippen LogP contribution in [0.15, 0.2) is 57.7 Å². The summed E-state index contributed by atoms with van der Waals surface area (Å²) in [4.78, 5) is 13.4. The van der Waals surface area contributed by atoms with Crippen molar-refractivity contribution in [2.45, 2.75) is 26.3 Å². The highest BCUT2D eigenvalue weighted by atomic mass is 16.4. The van der Waals surface area contributed by atoms with Crippen LogP contribution in [0.5, 0.6) is 5.75 Å². The molecule has 25 heavy (non-hydrogen) atoms. The third-order valence-corrected chi connectivity index (χ3v) is 4.51. The Bertz CT molecular complexity index is 916. The molecule has 0 spiro atoms. The van der Waals surface area contributed by atoms with E-state index in [9.17, 15) is 9.90 Å². The first-order valence-corrected chi connectivity index (χ1v) is 8.75. The van der Waals surface area contributed by atoms with Gasteiger partial charge in [-0.25, -0.2) is 4.79 Å². The number of quaternary nitrogens is 1. The van der Waals surface area contributed by atoms with Crippen LogP contribution in [0.2, 0.25) is 0 Å². The Morgan fingerprint density at radius 3 is 2.60 bits per heavy atom. The molecule has 3 aromatic rings. The van der Waals surface area contributed by atoms with Crippen molar-refractivity contribution in [3.8, 4) is 16.9 Å². The van der Waals surface area contributed by atoms with Gasteiger partial charge >= 0.3 is 5.63 Å². The number of aromatic hydroxyl groups is 1. The zero-order valence-corrected chi connectivity index (χ0v) is 14.7. The second kappa shape index (κ2) is 7.53. The van der Waals surface area contributed by atoms with Crippen LogP contribution < -0.4 is 10.5 Å². The minimum absolute atomic E-state index is 0.178. The van der Waals surface area contributed by atoms with Gasteiger partial charge in [0.15, 0.2) is 5.58 Å². The molecule has 2 N–H and O–H groups in total. The summed E-state index contributed by atoms with van der Waals surface area (Å²) in [7, 11) is 2.09. The van der Waals surface area contributed by atoms with Gasteiger partial charge in [-0.05, 0) is 29.7 Å². The minimum Gasteiger partial charge on any atom is -0.507 e. The molecule has 2 aromatic carbocycles. The first kappa shape index (κ1) is 17.2. The van der Waals surface area contributed by atoms with E-state index in [-0.39, 0.29) is 5.75 Å². The van der Waals surface area contributed by atoms with E-state index >= 15 is 0 Å². The molecular formula is C21H24NO3+. The molecule has 0 radical (unpaired) electrons. The number of rotatable bonds is 6. The maximum atomic E-state index is 12.1. The molecule has 1 atom stereocenters. The number of unbranched alkanes of at least 4 members (excludes halogenated alkanes) is 1. The average Bonchev–Trinajstić information content (AvgIpc) is 2.62. The lowest BCUT2D eigenvalue weighted by molar-refractivity contribution is -0.893. The smallest absolute Gasteiger partial charge is 0.336 e. The summed E-state index contributed by atoms with van der Waals surface area (Å²) in [5.41, 5.74) is 2.58. The van der Waals surface area contributed by atoms with Crippen LogP contribution in [-0.4, -0.2) is 18.7 Å². The number of phenols is 1. The van der Waals surface area contributed by atoms with Crippen LogP contribution in [0.25, 0.3) is 22.1 Å². The van der Waals surface area contributed by atoms with Gasteiger partial charge in [-0.1, -0.05) is 43.7 Å². The van der Waals surface area contributed by atoms with Crippen LogP contribution in [-0.2, 0) is 6.54 Å². The van der Waals surface area contributed by atoms with E-state index < -0.39 is 5.63 Å². The Morgan fingerprint density at radius 2 is 1.88 bits per heavy atom. The van der Waals surface area contributed by atoms with E-state index in [0.29, 0.717) is 17.7 Å². The lowest BCUT2D eigenvalue weighted by Gasteiger charge is -2.16. The van der Waals surface area contributed by atoms with Crippen LogP contribution in [0.1, 0.15) is 25.3 Å². The molecule has 4 heteroatoms. The molecular weight excluding hydrogens is 314 g/mol. The largest absolute Gasteiger partial charge is 0.507 e. The summed E-state index contributed by atoms with van der Waals surface area (Å²) < 4.78 is 5.51. The maximum absolute atomic E-state index is 12.1. The fourth-order valence-electron chi connectivity index (χ4n) is 3.17. The summed E-state index contributed by atoms with van der Waals surface area (Å²) in [6.07, 6.45) is 2.25. The van der Waals surface area contributed by atoms with Gasteiger partial charge < -0.3 is 14.4 Å². The number of phenolic OH excluding ortho intramolecular Hbond substituents is 1. The van der Waals surface area contributed by atoms with Gasteiger partial charge in [-0.3, -0.25) is 0 Å². The van der Waals surface area contributed by atoms with Gasteiger partial charge in [0.25, 0.3) is 0 Å². The molecule has 0 amide bonds. The molecule has 0 aliphatic heterocycles. The van der Waals surface area contributed by atoms with Crippen molar-refractivity contribution in [3.05, 3.63) is 64.5 Å². The van der Waals surface area contributed by atoms with Crippen LogP contribution >= 0.6 is 0 Å². The lowest BCUT2D eigenvalue weighted by Crippen LogP contribution is -3.07. The van der Waals surface area contributed by atoms with Gasteiger partial charge in [0, 0.05) is 11.5 Å². The highest BCUT2D eigenvalue weighted by Crippen LogP contribution is 2.32. The Morgan fingerprint density at radius 1 is 1.12 bits per heavy atom. The monoisotopic (exact) mass is 338 g/mol. The topological polar surface area (TPSA) is 54.9 Å². The van der Waals surface area contributed by atoms with Crippen molar-refractivity contribution < 1.29 is 14.4 Å². The van der Waals surface area contributed by atoms with Crippen LogP contribution in [0.4, 0.5) is 0 Å². The predicted octanol–water partition coefficient (Wildman–Crippen LogP) is 2.98. The van der Waals surface area contributed by atoms with Gasteiger partial charge in [0.05, 0.1) is 19.2 Å². The van der Waals surface area contributed by atoms with Gasteiger partial charge in [0.2, 0.25) is 0 Å². The molecule has 0 saturated heterocycles. The van der Waals surface area contributed by atoms with E-state index in [1.165, 1.54) is 11.0 Å². The van der Waals surface area contributed by atoms with E-state index in [4.69, 9.17) is 4.42 Å². The number of hydrogen-bond acceptors (Lipinski definition) is 3. The average molecular weight is 338 g/mol. The first-order valence-electron chi connectivity index (χ1n) is 8.75. The molecule has 1 heterocycles. The van der Waals surface area contributed by atoms with Crippen molar-refractivity contribution >= 4 is 11.0 Å². The predicted molar refractivity (Wildman–Crippen MR) is 100.0 cm³/mol. The Kier molecular flexibility index (Phi) is 5.19. The van der Waals surface area contributed by atoms with E-state index in [1.807, 2.05) is 36.4 Å². The van der Waals surface area contributed by atoms with E-state index in [0.717, 1.165) is 35.9 Å². The number of benzene rings is 2. The third-order valence-electron chi connectivity index (χ3n) is 4.51. The van der Waals surface area contributed by atoms with Crippen molar-refractivity contribution in [1.29, 1.82) is 0 Å². The lowest BCUT2D eigenvalue weighted by atomic mass is 9.99. The zero-order valence-electron chi connectivity index (χ0n) is 14.7. The highest BCUT2D eigenvalue weighted by molar-refractivity contribution is 5.95. The maximum Gasteiger partial charge on any atom is 0.336 e. The van der Waals surface area contributed by atoms with E-state index in [1.54, 1.807) is 6.07 Å². The second-order valence-corrected chi connectivity index (χ2v) is 6.52. The third kappa shape index (κ3) is 3.74. The highest BCUT2D eigenvalue weighted by Gasteiger charge is 2.17. The number of nitrogens with one attached hydrogen (secondary N) is 1. The Hall–Kier alpha value is -2.59. The molecule has 0 aliphatic rings. The van der Waals surface area contributed by atoms with Crippen LogP contribution in [0.3, 0.4) is 0 Å². The second-order valence-electron chi connectivity index (χ2n) is 6.52. The molecule has 1 unspecified atom stereocenters. The number of hydrogen-bond donors (Lipinski definition) is 2.